The molecular formula is C35H40N2O5S. The molecule has 0 spiro atoms. The molecule has 0 unspecified atom stereocenters. The molecule has 2 amide bonds. The molecular weight excluding hydrogens is 560 g/mol. The second-order valence-electron chi connectivity index (χ2n) is 10.3. The van der Waals surface area contributed by atoms with Crippen LogP contribution in [0.1, 0.15) is 32.8 Å². The van der Waals surface area contributed by atoms with E-state index in [1.165, 1.54) is 0 Å². The molecule has 226 valence electrons. The lowest BCUT2D eigenvalue weighted by Gasteiger charge is -2.28. The van der Waals surface area contributed by atoms with Crippen molar-refractivity contribution >= 4 is 23.2 Å². The minimum absolute atomic E-state index is 0.0145. The third kappa shape index (κ3) is 8.69. The third-order valence-electron chi connectivity index (χ3n) is 7.40. The fraction of sp³-hybridized carbons (Fsp3) is 0.314. The van der Waals surface area contributed by atoms with Crippen LogP contribution in [0, 0.1) is 6.92 Å². The molecule has 1 heterocycles. The number of carbonyl (C=O) groups excluding carboxylic acids is 2. The number of nitrogens with zero attached hydrogens (tertiary/aromatic N) is 2. The summed E-state index contributed by atoms with van der Waals surface area (Å²) in [6.45, 7) is 3.95. The van der Waals surface area contributed by atoms with E-state index < -0.39 is 0 Å². The zero-order valence-electron chi connectivity index (χ0n) is 25.4. The number of amides is 2. The number of thiophene rings is 1. The zero-order valence-corrected chi connectivity index (χ0v) is 26.2. The molecule has 7 nitrogen and oxygen atoms in total. The van der Waals surface area contributed by atoms with Crippen molar-refractivity contribution in [3.63, 3.8) is 0 Å². The zero-order chi connectivity index (χ0) is 30.6. The van der Waals surface area contributed by atoms with Gasteiger partial charge in [-0.3, -0.25) is 9.59 Å². The first kappa shape index (κ1) is 31.8. The molecule has 0 saturated heterocycles. The topological polar surface area (TPSA) is 68.3 Å². The molecule has 4 aromatic rings. The van der Waals surface area contributed by atoms with E-state index in [1.807, 2.05) is 83.1 Å². The highest BCUT2D eigenvalue weighted by molar-refractivity contribution is 7.10. The van der Waals surface area contributed by atoms with Crippen molar-refractivity contribution in [2.45, 2.75) is 26.3 Å². The van der Waals surface area contributed by atoms with Gasteiger partial charge in [0.2, 0.25) is 5.91 Å². The van der Waals surface area contributed by atoms with Gasteiger partial charge in [0.15, 0.2) is 11.5 Å². The Labute approximate surface area is 258 Å². The highest BCUT2D eigenvalue weighted by atomic mass is 32.1. The Morgan fingerprint density at radius 1 is 0.791 bits per heavy atom. The van der Waals surface area contributed by atoms with Gasteiger partial charge in [0.25, 0.3) is 5.91 Å². The molecule has 0 radical (unpaired) electrons. The van der Waals surface area contributed by atoms with Gasteiger partial charge in [-0.25, -0.2) is 0 Å². The van der Waals surface area contributed by atoms with Crippen LogP contribution in [0.15, 0.2) is 84.2 Å². The summed E-state index contributed by atoms with van der Waals surface area (Å²) in [7, 11) is 4.86. The largest absolute Gasteiger partial charge is 0.493 e. The number of hydrogen-bond acceptors (Lipinski definition) is 6. The third-order valence-corrected chi connectivity index (χ3v) is 8.41. The first-order valence-corrected chi connectivity index (χ1v) is 15.3. The molecule has 1 aromatic heterocycles. The fourth-order valence-corrected chi connectivity index (χ4v) is 5.79. The lowest BCUT2D eigenvalue weighted by Crippen LogP contribution is -2.44. The molecule has 0 aliphatic carbocycles. The van der Waals surface area contributed by atoms with Crippen molar-refractivity contribution in [2.24, 2.45) is 0 Å². The first-order chi connectivity index (χ1) is 20.9. The van der Waals surface area contributed by atoms with Crippen molar-refractivity contribution in [2.75, 3.05) is 47.6 Å². The number of methoxy groups -OCH3 is 3. The van der Waals surface area contributed by atoms with E-state index in [0.29, 0.717) is 56.1 Å². The first-order valence-electron chi connectivity index (χ1n) is 14.4. The van der Waals surface area contributed by atoms with Crippen molar-refractivity contribution in [1.82, 2.24) is 9.80 Å². The Bertz CT molecular complexity index is 1470. The normalized spacial score (nSPS) is 10.8. The maximum Gasteiger partial charge on any atom is 0.254 e. The van der Waals surface area contributed by atoms with E-state index in [2.05, 4.69) is 13.0 Å². The van der Waals surface area contributed by atoms with E-state index in [9.17, 15) is 9.59 Å². The van der Waals surface area contributed by atoms with Crippen LogP contribution in [0.3, 0.4) is 0 Å². The summed E-state index contributed by atoms with van der Waals surface area (Å²) in [4.78, 5) is 32.2. The molecule has 0 N–H and O–H groups in total. The van der Waals surface area contributed by atoms with E-state index in [4.69, 9.17) is 14.2 Å². The molecule has 8 heteroatoms. The molecule has 3 aromatic carbocycles. The van der Waals surface area contributed by atoms with Crippen molar-refractivity contribution < 1.29 is 23.8 Å². The van der Waals surface area contributed by atoms with Crippen LogP contribution in [0.4, 0.5) is 0 Å². The Morgan fingerprint density at radius 3 is 2.16 bits per heavy atom. The molecule has 0 aliphatic heterocycles. The summed E-state index contributed by atoms with van der Waals surface area (Å²) >= 11 is 1.64. The lowest BCUT2D eigenvalue weighted by atomic mass is 10.0. The number of carbonyl (C=O) groups is 2. The fourth-order valence-electron chi connectivity index (χ4n) is 4.87. The minimum atomic E-state index is -0.170. The van der Waals surface area contributed by atoms with Crippen LogP contribution in [0.5, 0.6) is 11.5 Å². The Hall–Kier alpha value is -4.14. The number of ether oxygens (including phenoxy) is 3. The van der Waals surface area contributed by atoms with E-state index in [1.54, 1.807) is 37.6 Å². The van der Waals surface area contributed by atoms with Gasteiger partial charge >= 0.3 is 0 Å². The van der Waals surface area contributed by atoms with Crippen molar-refractivity contribution in [3.8, 4) is 22.6 Å². The number of rotatable bonds is 15. The molecule has 0 saturated carbocycles. The van der Waals surface area contributed by atoms with Gasteiger partial charge in [-0.05, 0) is 77.7 Å². The summed E-state index contributed by atoms with van der Waals surface area (Å²) in [5.74, 6) is 1.05. The highest BCUT2D eigenvalue weighted by Gasteiger charge is 2.23. The van der Waals surface area contributed by atoms with Crippen molar-refractivity contribution in [1.29, 1.82) is 0 Å². The quantitative estimate of drug-likeness (QED) is 0.146. The molecule has 0 aliphatic rings. The second-order valence-corrected chi connectivity index (χ2v) is 11.3. The number of benzene rings is 3. The standard InChI is InChI=1S/C35H40N2O5S/c1-26-18-22-43-33(26)24-36(20-17-27-11-16-31(41-3)32(23-27)42-4)34(38)25-37(19-8-21-40-2)35(39)30-14-12-29(13-15-30)28-9-6-5-7-10-28/h5-7,9-16,18,22-23H,8,17,19-21,24-25H2,1-4H3. The average Bonchev–Trinajstić information content (AvgIpc) is 3.46. The number of aryl methyl sites for hydroxylation is 1. The summed E-state index contributed by atoms with van der Waals surface area (Å²) in [6, 6.07) is 25.5. The van der Waals surface area contributed by atoms with Crippen LogP contribution in [-0.4, -0.2) is 69.2 Å². The molecule has 0 fully saturated rings. The Morgan fingerprint density at radius 2 is 1.51 bits per heavy atom. The van der Waals surface area contributed by atoms with E-state index >= 15 is 0 Å². The highest BCUT2D eigenvalue weighted by Crippen LogP contribution is 2.28. The predicted octanol–water partition coefficient (Wildman–Crippen LogP) is 6.49. The summed E-state index contributed by atoms with van der Waals surface area (Å²) < 4.78 is 16.1. The molecule has 4 rings (SSSR count). The van der Waals surface area contributed by atoms with Crippen molar-refractivity contribution in [3.05, 3.63) is 106 Å². The van der Waals surface area contributed by atoms with Crippen LogP contribution in [-0.2, 0) is 22.5 Å². The van der Waals surface area contributed by atoms with Crippen LogP contribution >= 0.6 is 11.3 Å². The molecule has 0 atom stereocenters. The van der Waals surface area contributed by atoms with Crippen LogP contribution in [0.25, 0.3) is 11.1 Å². The van der Waals surface area contributed by atoms with Gasteiger partial charge < -0.3 is 24.0 Å². The van der Waals surface area contributed by atoms with Gasteiger partial charge in [0.1, 0.15) is 6.54 Å². The molecule has 0 bridgehead atoms. The minimum Gasteiger partial charge on any atom is -0.493 e. The van der Waals surface area contributed by atoms with Crippen LogP contribution < -0.4 is 9.47 Å². The van der Waals surface area contributed by atoms with Gasteiger partial charge in [-0.1, -0.05) is 48.5 Å². The summed E-state index contributed by atoms with van der Waals surface area (Å²) in [5.41, 5.74) is 4.86. The van der Waals surface area contributed by atoms with Gasteiger partial charge in [0.05, 0.1) is 20.8 Å². The Balaban J connectivity index is 1.52. The van der Waals surface area contributed by atoms with E-state index in [0.717, 1.165) is 27.1 Å². The Kier molecular flexibility index (Phi) is 11.8. The SMILES string of the molecule is COCCCN(CC(=O)N(CCc1ccc(OC)c(OC)c1)Cc1sccc1C)C(=O)c1ccc(-c2ccccc2)cc1. The number of hydrogen-bond donors (Lipinski definition) is 0. The molecule has 43 heavy (non-hydrogen) atoms. The smallest absolute Gasteiger partial charge is 0.254 e. The summed E-state index contributed by atoms with van der Waals surface area (Å²) in [6.07, 6.45) is 1.27. The lowest BCUT2D eigenvalue weighted by molar-refractivity contribution is -0.132. The van der Waals surface area contributed by atoms with Gasteiger partial charge in [0, 0.05) is 37.2 Å². The van der Waals surface area contributed by atoms with Gasteiger partial charge in [-0.15, -0.1) is 11.3 Å². The monoisotopic (exact) mass is 600 g/mol. The maximum absolute atomic E-state index is 13.9. The van der Waals surface area contributed by atoms with Crippen LogP contribution in [0.2, 0.25) is 0 Å². The average molecular weight is 601 g/mol. The second kappa shape index (κ2) is 15.9. The maximum atomic E-state index is 13.9. The summed E-state index contributed by atoms with van der Waals surface area (Å²) in [5, 5.41) is 2.04. The van der Waals surface area contributed by atoms with E-state index in [-0.39, 0.29) is 18.4 Å². The predicted molar refractivity (Wildman–Crippen MR) is 172 cm³/mol. The van der Waals surface area contributed by atoms with Gasteiger partial charge in [-0.2, -0.15) is 0 Å².